The van der Waals surface area contributed by atoms with Gasteiger partial charge in [-0.05, 0) is 10.3 Å². The van der Waals surface area contributed by atoms with Gasteiger partial charge in [0.2, 0.25) is 11.3 Å². The Bertz CT molecular complexity index is 614. The molecule has 0 atom stereocenters. The Hall–Kier alpha value is -2.78. The summed E-state index contributed by atoms with van der Waals surface area (Å²) in [6.45, 7) is 0. The fraction of sp³-hybridized carbons (Fsp3) is 0. The monoisotopic (exact) mass is 219 g/mol. The number of hydrogen-bond donors (Lipinski definition) is 2. The van der Waals surface area contributed by atoms with Crippen LogP contribution in [0, 0.1) is 0 Å². The average Bonchev–Trinajstić information content (AvgIpc) is 2.89. The molecule has 0 aliphatic rings. The van der Waals surface area contributed by atoms with Gasteiger partial charge in [0.05, 0.1) is 0 Å². The maximum absolute atomic E-state index is 5.66. The minimum atomic E-state index is 0.178. The summed E-state index contributed by atoms with van der Waals surface area (Å²) in [7, 11) is 0. The number of aromatic nitrogens is 7. The summed E-state index contributed by atoms with van der Waals surface area (Å²) in [6, 6.07) is 0. The molecule has 16 heavy (non-hydrogen) atoms. The molecule has 0 radical (unpaired) electrons. The lowest BCUT2D eigenvalue weighted by Gasteiger charge is -2.05. The van der Waals surface area contributed by atoms with Crippen LogP contribution in [0.4, 0.5) is 11.6 Å². The van der Waals surface area contributed by atoms with Crippen LogP contribution in [0.1, 0.15) is 0 Å². The highest BCUT2D eigenvalue weighted by Gasteiger charge is 2.09. The standard InChI is InChI=1S/C6H5N9O/c7-3-4(12-15-1-8-9-2-15)11-6-5(10-3)13-16-14-6/h1-2H,(H2,7,10,13)(H,11,12,14). The fourth-order valence-corrected chi connectivity index (χ4v) is 1.11. The third kappa shape index (κ3) is 1.28. The minimum Gasteiger partial charge on any atom is -0.380 e. The summed E-state index contributed by atoms with van der Waals surface area (Å²) < 4.78 is 5.94. The first-order chi connectivity index (χ1) is 7.83. The fourth-order valence-electron chi connectivity index (χ4n) is 1.11. The van der Waals surface area contributed by atoms with Crippen LogP contribution in [-0.2, 0) is 0 Å². The first kappa shape index (κ1) is 8.52. The van der Waals surface area contributed by atoms with Crippen molar-refractivity contribution in [2.75, 3.05) is 11.2 Å². The number of anilines is 2. The van der Waals surface area contributed by atoms with Crippen molar-refractivity contribution >= 4 is 22.9 Å². The lowest BCUT2D eigenvalue weighted by atomic mass is 10.6. The molecule has 0 aromatic carbocycles. The van der Waals surface area contributed by atoms with Crippen molar-refractivity contribution in [3.8, 4) is 0 Å². The summed E-state index contributed by atoms with van der Waals surface area (Å²) in [5, 5.41) is 14.3. The van der Waals surface area contributed by atoms with E-state index in [-0.39, 0.29) is 17.1 Å². The molecule has 3 N–H and O–H groups in total. The summed E-state index contributed by atoms with van der Waals surface area (Å²) in [5.41, 5.74) is 9.01. The van der Waals surface area contributed by atoms with Crippen molar-refractivity contribution in [1.29, 1.82) is 0 Å². The van der Waals surface area contributed by atoms with E-state index in [0.717, 1.165) is 0 Å². The zero-order valence-corrected chi connectivity index (χ0v) is 7.77. The van der Waals surface area contributed by atoms with Crippen LogP contribution in [-0.4, -0.2) is 35.2 Å². The van der Waals surface area contributed by atoms with Crippen LogP contribution in [0.3, 0.4) is 0 Å². The predicted molar refractivity (Wildman–Crippen MR) is 50.8 cm³/mol. The zero-order chi connectivity index (χ0) is 11.0. The van der Waals surface area contributed by atoms with Gasteiger partial charge in [-0.1, -0.05) is 0 Å². The maximum atomic E-state index is 5.66. The first-order valence-corrected chi connectivity index (χ1v) is 4.20. The number of rotatable bonds is 2. The lowest BCUT2D eigenvalue weighted by Crippen LogP contribution is -2.11. The Morgan fingerprint density at radius 1 is 1.12 bits per heavy atom. The van der Waals surface area contributed by atoms with Crippen molar-refractivity contribution < 1.29 is 4.63 Å². The van der Waals surface area contributed by atoms with E-state index in [4.69, 9.17) is 5.73 Å². The number of nitrogens with two attached hydrogens (primary N) is 1. The first-order valence-electron chi connectivity index (χ1n) is 4.20. The molecule has 3 aromatic heterocycles. The Morgan fingerprint density at radius 3 is 2.56 bits per heavy atom. The molecule has 10 heteroatoms. The second kappa shape index (κ2) is 3.12. The highest BCUT2D eigenvalue weighted by Crippen LogP contribution is 2.15. The van der Waals surface area contributed by atoms with Crippen LogP contribution in [0.15, 0.2) is 17.3 Å². The Morgan fingerprint density at radius 2 is 1.81 bits per heavy atom. The Labute approximate surface area is 87.4 Å². The van der Waals surface area contributed by atoms with E-state index in [9.17, 15) is 0 Å². The molecule has 3 heterocycles. The number of fused-ring (bicyclic) bond motifs is 1. The highest BCUT2D eigenvalue weighted by molar-refractivity contribution is 5.71. The molecule has 0 bridgehead atoms. The third-order valence-electron chi connectivity index (χ3n) is 1.80. The predicted octanol–water partition coefficient (Wildman–Crippen LogP) is -0.938. The number of hydrogen-bond acceptors (Lipinski definition) is 9. The van der Waals surface area contributed by atoms with Gasteiger partial charge in [-0.25, -0.2) is 14.3 Å². The van der Waals surface area contributed by atoms with Gasteiger partial charge < -0.3 is 5.73 Å². The van der Waals surface area contributed by atoms with Gasteiger partial charge in [0.15, 0.2) is 11.6 Å². The summed E-state index contributed by atoms with van der Waals surface area (Å²) >= 11 is 0. The van der Waals surface area contributed by atoms with E-state index >= 15 is 0 Å². The van der Waals surface area contributed by atoms with Crippen molar-refractivity contribution in [3.05, 3.63) is 12.7 Å². The molecule has 0 saturated carbocycles. The molecule has 0 saturated heterocycles. The molecule has 0 aliphatic heterocycles. The molecule has 0 fully saturated rings. The summed E-state index contributed by atoms with van der Waals surface area (Å²) in [6.07, 6.45) is 2.90. The van der Waals surface area contributed by atoms with Crippen LogP contribution in [0.5, 0.6) is 0 Å². The van der Waals surface area contributed by atoms with Crippen molar-refractivity contribution in [2.45, 2.75) is 0 Å². The van der Waals surface area contributed by atoms with Crippen molar-refractivity contribution in [2.24, 2.45) is 0 Å². The molecule has 80 valence electrons. The highest BCUT2D eigenvalue weighted by atomic mass is 16.6. The molecule has 0 aliphatic carbocycles. The van der Waals surface area contributed by atoms with Gasteiger partial charge >= 0.3 is 0 Å². The van der Waals surface area contributed by atoms with Crippen molar-refractivity contribution in [1.82, 2.24) is 35.2 Å². The van der Waals surface area contributed by atoms with Crippen LogP contribution >= 0.6 is 0 Å². The molecular formula is C6H5N9O. The number of nitrogens with zero attached hydrogens (tertiary/aromatic N) is 7. The largest absolute Gasteiger partial charge is 0.380 e. The van der Waals surface area contributed by atoms with E-state index < -0.39 is 0 Å². The van der Waals surface area contributed by atoms with E-state index in [2.05, 4.69) is 40.5 Å². The second-order valence-corrected chi connectivity index (χ2v) is 2.85. The molecule has 10 nitrogen and oxygen atoms in total. The maximum Gasteiger partial charge on any atom is 0.245 e. The number of nitrogens with one attached hydrogen (secondary N) is 1. The van der Waals surface area contributed by atoms with E-state index in [1.54, 1.807) is 0 Å². The zero-order valence-electron chi connectivity index (χ0n) is 7.77. The average molecular weight is 219 g/mol. The van der Waals surface area contributed by atoms with Gasteiger partial charge in [-0.3, -0.25) is 5.43 Å². The Balaban J connectivity index is 2.05. The van der Waals surface area contributed by atoms with E-state index in [1.165, 1.54) is 17.3 Å². The number of nitrogen functional groups attached to an aromatic ring is 1. The van der Waals surface area contributed by atoms with Crippen LogP contribution in [0.25, 0.3) is 11.3 Å². The molecule has 0 spiro atoms. The quantitative estimate of drug-likeness (QED) is 0.559. The summed E-state index contributed by atoms with van der Waals surface area (Å²) in [5.74, 6) is 0.500. The molecule has 3 aromatic rings. The van der Waals surface area contributed by atoms with Gasteiger partial charge in [0, 0.05) is 0 Å². The molecule has 0 unspecified atom stereocenters. The van der Waals surface area contributed by atoms with Gasteiger partial charge in [-0.15, -0.1) is 10.2 Å². The SMILES string of the molecule is Nc1nc2nonc2nc1Nn1cnnc1. The second-order valence-electron chi connectivity index (χ2n) is 2.85. The Kier molecular flexibility index (Phi) is 1.66. The topological polar surface area (TPSA) is 133 Å². The molecule has 0 amide bonds. The van der Waals surface area contributed by atoms with Crippen LogP contribution < -0.4 is 11.2 Å². The summed E-state index contributed by atoms with van der Waals surface area (Å²) in [4.78, 5) is 8.01. The van der Waals surface area contributed by atoms with Crippen molar-refractivity contribution in [3.63, 3.8) is 0 Å². The van der Waals surface area contributed by atoms with Gasteiger partial charge in [0.25, 0.3) is 0 Å². The van der Waals surface area contributed by atoms with Gasteiger partial charge in [0.1, 0.15) is 12.7 Å². The molecular weight excluding hydrogens is 214 g/mol. The van der Waals surface area contributed by atoms with Crippen LogP contribution in [0.2, 0.25) is 0 Å². The lowest BCUT2D eigenvalue weighted by molar-refractivity contribution is 0.314. The van der Waals surface area contributed by atoms with E-state index in [0.29, 0.717) is 5.82 Å². The molecule has 3 rings (SSSR count). The minimum absolute atomic E-state index is 0.178. The third-order valence-corrected chi connectivity index (χ3v) is 1.80. The van der Waals surface area contributed by atoms with E-state index in [1.807, 2.05) is 0 Å². The smallest absolute Gasteiger partial charge is 0.245 e. The van der Waals surface area contributed by atoms with Gasteiger partial charge in [-0.2, -0.15) is 4.98 Å². The normalized spacial score (nSPS) is 10.8.